The minimum atomic E-state index is -0.837. The van der Waals surface area contributed by atoms with E-state index in [2.05, 4.69) is 0 Å². The zero-order valence-corrected chi connectivity index (χ0v) is 7.10. The molecule has 1 aliphatic heterocycles. The van der Waals surface area contributed by atoms with Crippen LogP contribution >= 0.6 is 11.8 Å². The highest BCUT2D eigenvalue weighted by atomic mass is 32.2. The van der Waals surface area contributed by atoms with Gasteiger partial charge in [-0.2, -0.15) is 0 Å². The van der Waals surface area contributed by atoms with Crippen LogP contribution in [0.5, 0.6) is 0 Å². The molecule has 3 nitrogen and oxygen atoms in total. The first-order valence-electron chi connectivity index (χ1n) is 3.46. The number of hydrogen-bond acceptors (Lipinski definition) is 3. The first-order valence-corrected chi connectivity index (χ1v) is 4.34. The molecule has 2 unspecified atom stereocenters. The average Bonchev–Trinajstić information content (AvgIpc) is 2.32. The molecular weight excluding hydrogens is 162 g/mol. The Morgan fingerprint density at radius 2 is 2.55 bits per heavy atom. The summed E-state index contributed by atoms with van der Waals surface area (Å²) in [7, 11) is 0. The van der Waals surface area contributed by atoms with Crippen molar-refractivity contribution in [2.24, 2.45) is 11.7 Å². The molecule has 0 aromatic rings. The molecule has 62 valence electrons. The van der Waals surface area contributed by atoms with Crippen LogP contribution in [0.3, 0.4) is 0 Å². The fraction of sp³-hybridized carbons (Fsp3) is 0.571. The summed E-state index contributed by atoms with van der Waals surface area (Å²) in [6, 6.07) is 0. The quantitative estimate of drug-likeness (QED) is 0.654. The highest BCUT2D eigenvalue weighted by Gasteiger charge is 2.40. The van der Waals surface area contributed by atoms with Crippen LogP contribution in [0.25, 0.3) is 0 Å². The number of carboxylic acids is 1. The monoisotopic (exact) mass is 173 g/mol. The van der Waals surface area contributed by atoms with Gasteiger partial charge in [-0.15, -0.1) is 11.8 Å². The Bertz CT molecular complexity index is 205. The Labute approximate surface area is 69.7 Å². The predicted molar refractivity (Wildman–Crippen MR) is 45.1 cm³/mol. The van der Waals surface area contributed by atoms with Crippen LogP contribution in [0.1, 0.15) is 13.3 Å². The predicted octanol–water partition coefficient (Wildman–Crippen LogP) is 1.01. The normalized spacial score (nSPS) is 36.0. The average molecular weight is 173 g/mol. The minimum absolute atomic E-state index is 0.530. The van der Waals surface area contributed by atoms with Gasteiger partial charge in [0.25, 0.3) is 0 Å². The molecule has 0 aromatic heterocycles. The van der Waals surface area contributed by atoms with Crippen molar-refractivity contribution < 1.29 is 9.90 Å². The number of nitrogens with two attached hydrogens (primary N) is 1. The Balaban J connectivity index is 2.78. The molecule has 1 heterocycles. The third kappa shape index (κ3) is 1.41. The van der Waals surface area contributed by atoms with E-state index >= 15 is 0 Å². The molecular formula is C7H11NO2S. The van der Waals surface area contributed by atoms with Crippen molar-refractivity contribution in [1.82, 2.24) is 0 Å². The Morgan fingerprint density at radius 1 is 1.91 bits per heavy atom. The maximum Gasteiger partial charge on any atom is 0.313 e. The van der Waals surface area contributed by atoms with Crippen LogP contribution < -0.4 is 5.73 Å². The fourth-order valence-corrected chi connectivity index (χ4v) is 2.06. The van der Waals surface area contributed by atoms with Crippen molar-refractivity contribution in [2.45, 2.75) is 18.2 Å². The largest absolute Gasteiger partial charge is 0.481 e. The lowest BCUT2D eigenvalue weighted by molar-refractivity contribution is -0.140. The van der Waals surface area contributed by atoms with E-state index in [4.69, 9.17) is 10.8 Å². The van der Waals surface area contributed by atoms with E-state index in [1.54, 1.807) is 11.5 Å². The lowest BCUT2D eigenvalue weighted by Gasteiger charge is -2.25. The van der Waals surface area contributed by atoms with Crippen LogP contribution in [-0.4, -0.2) is 15.9 Å². The molecule has 0 aromatic carbocycles. The molecule has 0 saturated carbocycles. The van der Waals surface area contributed by atoms with Crippen LogP contribution in [0.2, 0.25) is 0 Å². The van der Waals surface area contributed by atoms with Gasteiger partial charge in [-0.1, -0.05) is 13.0 Å². The topological polar surface area (TPSA) is 63.3 Å². The molecule has 1 rings (SSSR count). The van der Waals surface area contributed by atoms with Crippen molar-refractivity contribution >= 4 is 17.7 Å². The third-order valence-electron chi connectivity index (χ3n) is 1.90. The van der Waals surface area contributed by atoms with Crippen molar-refractivity contribution in [3.05, 3.63) is 11.5 Å². The fourth-order valence-electron chi connectivity index (χ4n) is 1.08. The van der Waals surface area contributed by atoms with Crippen LogP contribution in [0, 0.1) is 5.92 Å². The molecule has 0 aliphatic carbocycles. The minimum Gasteiger partial charge on any atom is -0.481 e. The Kier molecular flexibility index (Phi) is 2.25. The highest BCUT2D eigenvalue weighted by molar-refractivity contribution is 8.03. The number of hydrogen-bond donors (Lipinski definition) is 2. The van der Waals surface area contributed by atoms with Crippen LogP contribution in [0.15, 0.2) is 11.5 Å². The summed E-state index contributed by atoms with van der Waals surface area (Å²) in [5, 5.41) is 10.5. The number of aliphatic carboxylic acids is 1. The van der Waals surface area contributed by atoms with Crippen molar-refractivity contribution in [3.63, 3.8) is 0 Å². The van der Waals surface area contributed by atoms with Gasteiger partial charge in [0.2, 0.25) is 0 Å². The number of carbonyl (C=O) groups is 1. The summed E-state index contributed by atoms with van der Waals surface area (Å²) in [4.78, 5) is 10.0. The number of carboxylic acid groups (broad SMARTS) is 1. The SMILES string of the molecule is CCC1(N)SC=CC1C(=O)O. The van der Waals surface area contributed by atoms with E-state index in [9.17, 15) is 4.79 Å². The maximum absolute atomic E-state index is 10.6. The van der Waals surface area contributed by atoms with E-state index in [1.165, 1.54) is 11.8 Å². The molecule has 4 heteroatoms. The van der Waals surface area contributed by atoms with Gasteiger partial charge in [-0.3, -0.25) is 4.79 Å². The molecule has 0 radical (unpaired) electrons. The van der Waals surface area contributed by atoms with Crippen molar-refractivity contribution in [2.75, 3.05) is 0 Å². The van der Waals surface area contributed by atoms with Gasteiger partial charge in [0.15, 0.2) is 0 Å². The maximum atomic E-state index is 10.6. The van der Waals surface area contributed by atoms with Gasteiger partial charge in [0.05, 0.1) is 4.87 Å². The number of thioether (sulfide) groups is 1. The van der Waals surface area contributed by atoms with E-state index in [0.29, 0.717) is 6.42 Å². The van der Waals surface area contributed by atoms with Gasteiger partial charge in [-0.05, 0) is 11.8 Å². The van der Waals surface area contributed by atoms with Crippen molar-refractivity contribution in [1.29, 1.82) is 0 Å². The summed E-state index contributed by atoms with van der Waals surface area (Å²) in [6.45, 7) is 1.90. The Morgan fingerprint density at radius 3 is 2.91 bits per heavy atom. The second-order valence-corrected chi connectivity index (χ2v) is 3.84. The molecule has 2 atom stereocenters. The van der Waals surface area contributed by atoms with Crippen molar-refractivity contribution in [3.8, 4) is 0 Å². The first-order chi connectivity index (χ1) is 5.10. The summed E-state index contributed by atoms with van der Waals surface area (Å²) >= 11 is 1.40. The molecule has 0 saturated heterocycles. The summed E-state index contributed by atoms with van der Waals surface area (Å²) in [6.07, 6.45) is 2.32. The first kappa shape index (κ1) is 8.62. The van der Waals surface area contributed by atoms with Gasteiger partial charge >= 0.3 is 5.97 Å². The van der Waals surface area contributed by atoms with E-state index in [1.807, 2.05) is 6.92 Å². The lowest BCUT2D eigenvalue weighted by Crippen LogP contribution is -2.43. The van der Waals surface area contributed by atoms with Crippen LogP contribution in [0.4, 0.5) is 0 Å². The standard InChI is InChI=1S/C7H11NO2S/c1-2-7(8)5(6(9)10)3-4-11-7/h3-5H,2,8H2,1H3,(H,9,10). The summed E-state index contributed by atoms with van der Waals surface area (Å²) in [5.41, 5.74) is 5.82. The molecule has 0 amide bonds. The highest BCUT2D eigenvalue weighted by Crippen LogP contribution is 2.39. The second-order valence-electron chi connectivity index (χ2n) is 2.57. The zero-order valence-electron chi connectivity index (χ0n) is 6.28. The zero-order chi connectivity index (χ0) is 8.48. The molecule has 0 spiro atoms. The van der Waals surface area contributed by atoms with Gasteiger partial charge < -0.3 is 10.8 Å². The molecule has 0 fully saturated rings. The van der Waals surface area contributed by atoms with Gasteiger partial charge in [0.1, 0.15) is 5.92 Å². The Hall–Kier alpha value is -0.480. The molecule has 11 heavy (non-hydrogen) atoms. The van der Waals surface area contributed by atoms with Gasteiger partial charge in [-0.25, -0.2) is 0 Å². The summed E-state index contributed by atoms with van der Waals surface area (Å²) in [5.74, 6) is -1.37. The van der Waals surface area contributed by atoms with E-state index in [0.717, 1.165) is 0 Å². The second kappa shape index (κ2) is 2.87. The molecule has 1 aliphatic rings. The molecule has 0 bridgehead atoms. The van der Waals surface area contributed by atoms with Crippen LogP contribution in [-0.2, 0) is 4.79 Å². The number of rotatable bonds is 2. The third-order valence-corrected chi connectivity index (χ3v) is 3.18. The summed E-state index contributed by atoms with van der Waals surface area (Å²) < 4.78 is 0. The molecule has 3 N–H and O–H groups in total. The van der Waals surface area contributed by atoms with Gasteiger partial charge in [0, 0.05) is 0 Å². The van der Waals surface area contributed by atoms with E-state index in [-0.39, 0.29) is 0 Å². The lowest BCUT2D eigenvalue weighted by atomic mass is 9.98. The van der Waals surface area contributed by atoms with E-state index < -0.39 is 16.8 Å². The smallest absolute Gasteiger partial charge is 0.313 e.